The zero-order chi connectivity index (χ0) is 25.4. The van der Waals surface area contributed by atoms with E-state index in [9.17, 15) is 9.59 Å². The number of hydrogen-bond donors (Lipinski definition) is 1. The maximum absolute atomic E-state index is 13.3. The van der Waals surface area contributed by atoms with E-state index in [1.807, 2.05) is 62.1 Å². The number of halogens is 1. The largest absolute Gasteiger partial charge is 0.444 e. The van der Waals surface area contributed by atoms with E-state index in [2.05, 4.69) is 16.0 Å². The molecular weight excluding hydrogens is 478 g/mol. The van der Waals surface area contributed by atoms with Gasteiger partial charge in [0.05, 0.1) is 16.1 Å². The van der Waals surface area contributed by atoms with Crippen molar-refractivity contribution < 1.29 is 14.3 Å². The Morgan fingerprint density at radius 3 is 2.58 bits per heavy atom. The maximum Gasteiger partial charge on any atom is 0.410 e. The first-order chi connectivity index (χ1) is 17.2. The monoisotopic (exact) mass is 509 g/mol. The normalized spacial score (nSPS) is 18.7. The quantitative estimate of drug-likeness (QED) is 0.541. The van der Waals surface area contributed by atoms with Gasteiger partial charge in [0.2, 0.25) is 5.91 Å². The molecule has 8 nitrogen and oxygen atoms in total. The van der Waals surface area contributed by atoms with Crippen molar-refractivity contribution in [3.8, 4) is 11.4 Å². The second-order valence-corrected chi connectivity index (χ2v) is 10.8. The lowest BCUT2D eigenvalue weighted by Gasteiger charge is -2.42. The maximum atomic E-state index is 13.3. The predicted octanol–water partition coefficient (Wildman–Crippen LogP) is 4.93. The summed E-state index contributed by atoms with van der Waals surface area (Å²) in [6.45, 7) is 8.85. The number of para-hydroxylation sites is 2. The van der Waals surface area contributed by atoms with Gasteiger partial charge in [-0.1, -0.05) is 23.7 Å². The highest BCUT2D eigenvalue weighted by Gasteiger charge is 2.42. The lowest BCUT2D eigenvalue weighted by molar-refractivity contribution is -0.141. The van der Waals surface area contributed by atoms with Gasteiger partial charge in [-0.05, 0) is 63.9 Å². The van der Waals surface area contributed by atoms with E-state index in [0.717, 1.165) is 41.1 Å². The molecule has 3 heterocycles. The van der Waals surface area contributed by atoms with Gasteiger partial charge in [-0.2, -0.15) is 0 Å². The number of aromatic nitrogens is 2. The van der Waals surface area contributed by atoms with Crippen LogP contribution in [0.1, 0.15) is 33.6 Å². The molecule has 2 aliphatic heterocycles. The van der Waals surface area contributed by atoms with Gasteiger partial charge in [0, 0.05) is 44.0 Å². The molecule has 1 aromatic heterocycles. The molecule has 1 N–H and O–H groups in total. The van der Waals surface area contributed by atoms with Crippen LogP contribution < -0.4 is 4.90 Å². The molecule has 0 radical (unpaired) electrons. The number of fused-ring (bicyclic) bond motifs is 1. The van der Waals surface area contributed by atoms with Crippen LogP contribution in [0, 0.1) is 0 Å². The summed E-state index contributed by atoms with van der Waals surface area (Å²) in [6.07, 6.45) is 1.10. The summed E-state index contributed by atoms with van der Waals surface area (Å²) >= 11 is 6.56. The standard InChI is InChI=1S/C27H32ClN5O3/c1-27(2,3)36-26(35)33-14-11-23(33)25(34)32-13-6-12-31(15-16-32)18-9-10-20(28)19(17-18)24-29-21-7-4-5-8-22(21)30-24/h4-5,7-10,17,23H,6,11-16H2,1-3H3,(H,29,30)/t23-/m0/s1. The average Bonchev–Trinajstić information content (AvgIpc) is 3.06. The fourth-order valence-corrected chi connectivity index (χ4v) is 4.97. The number of carbonyl (C=O) groups is 2. The summed E-state index contributed by atoms with van der Waals surface area (Å²) in [6, 6.07) is 13.5. The molecule has 36 heavy (non-hydrogen) atoms. The van der Waals surface area contributed by atoms with E-state index in [0.29, 0.717) is 37.6 Å². The molecule has 0 bridgehead atoms. The summed E-state index contributed by atoms with van der Waals surface area (Å²) < 4.78 is 5.48. The van der Waals surface area contributed by atoms with E-state index >= 15 is 0 Å². The van der Waals surface area contributed by atoms with E-state index in [4.69, 9.17) is 21.3 Å². The van der Waals surface area contributed by atoms with Gasteiger partial charge >= 0.3 is 6.09 Å². The van der Waals surface area contributed by atoms with Gasteiger partial charge < -0.3 is 19.5 Å². The van der Waals surface area contributed by atoms with Crippen LogP contribution in [-0.2, 0) is 9.53 Å². The van der Waals surface area contributed by atoms with Crippen LogP contribution in [0.2, 0.25) is 5.02 Å². The molecule has 2 amide bonds. The Bertz CT molecular complexity index is 1250. The summed E-state index contributed by atoms with van der Waals surface area (Å²) in [5.41, 5.74) is 3.18. The van der Waals surface area contributed by atoms with Crippen LogP contribution in [-0.4, -0.2) is 76.1 Å². The SMILES string of the molecule is CC(C)(C)OC(=O)N1CC[C@H]1C(=O)N1CCCN(c2ccc(Cl)c(-c3nc4ccccc4[nH]3)c2)CC1. The van der Waals surface area contributed by atoms with Crippen LogP contribution >= 0.6 is 11.6 Å². The van der Waals surface area contributed by atoms with E-state index in [1.54, 1.807) is 4.90 Å². The number of aromatic amines is 1. The Hall–Kier alpha value is -3.26. The van der Waals surface area contributed by atoms with Crippen LogP contribution in [0.4, 0.5) is 10.5 Å². The molecule has 0 spiro atoms. The fourth-order valence-electron chi connectivity index (χ4n) is 4.76. The van der Waals surface area contributed by atoms with Gasteiger partial charge in [0.1, 0.15) is 17.5 Å². The van der Waals surface area contributed by atoms with Crippen molar-refractivity contribution in [3.05, 3.63) is 47.5 Å². The number of ether oxygens (including phenoxy) is 1. The topological polar surface area (TPSA) is 81.8 Å². The van der Waals surface area contributed by atoms with Crippen molar-refractivity contribution in [2.75, 3.05) is 37.6 Å². The summed E-state index contributed by atoms with van der Waals surface area (Å²) in [5.74, 6) is 0.745. The first-order valence-electron chi connectivity index (χ1n) is 12.5. The third-order valence-electron chi connectivity index (χ3n) is 6.70. The Balaban J connectivity index is 1.27. The lowest BCUT2D eigenvalue weighted by atomic mass is 10.0. The highest BCUT2D eigenvalue weighted by Crippen LogP contribution is 2.32. The number of amides is 2. The highest BCUT2D eigenvalue weighted by molar-refractivity contribution is 6.33. The molecule has 2 aromatic carbocycles. The first kappa shape index (κ1) is 24.4. The Morgan fingerprint density at radius 1 is 1.06 bits per heavy atom. The minimum atomic E-state index is -0.580. The predicted molar refractivity (Wildman–Crippen MR) is 141 cm³/mol. The number of benzene rings is 2. The molecule has 3 aromatic rings. The molecule has 0 aliphatic carbocycles. The van der Waals surface area contributed by atoms with Crippen molar-refractivity contribution in [2.24, 2.45) is 0 Å². The molecule has 2 fully saturated rings. The Labute approximate surface area is 216 Å². The number of nitrogens with one attached hydrogen (secondary N) is 1. The Kier molecular flexibility index (Phi) is 6.55. The van der Waals surface area contributed by atoms with Crippen molar-refractivity contribution >= 4 is 40.3 Å². The second-order valence-electron chi connectivity index (χ2n) is 10.4. The summed E-state index contributed by atoms with van der Waals surface area (Å²) in [4.78, 5) is 39.5. The van der Waals surface area contributed by atoms with Crippen molar-refractivity contribution in [2.45, 2.75) is 45.3 Å². The average molecular weight is 510 g/mol. The zero-order valence-corrected chi connectivity index (χ0v) is 21.7. The van der Waals surface area contributed by atoms with Crippen molar-refractivity contribution in [3.63, 3.8) is 0 Å². The van der Waals surface area contributed by atoms with Gasteiger partial charge in [-0.3, -0.25) is 9.69 Å². The van der Waals surface area contributed by atoms with Gasteiger partial charge in [-0.15, -0.1) is 0 Å². The minimum Gasteiger partial charge on any atom is -0.444 e. The van der Waals surface area contributed by atoms with Crippen molar-refractivity contribution in [1.29, 1.82) is 0 Å². The third-order valence-corrected chi connectivity index (χ3v) is 7.03. The van der Waals surface area contributed by atoms with Crippen LogP contribution in [0.15, 0.2) is 42.5 Å². The molecule has 9 heteroatoms. The smallest absolute Gasteiger partial charge is 0.410 e. The second kappa shape index (κ2) is 9.65. The van der Waals surface area contributed by atoms with E-state index < -0.39 is 17.7 Å². The fraction of sp³-hybridized carbons (Fsp3) is 0.444. The molecule has 1 atom stereocenters. The molecule has 2 aliphatic rings. The number of rotatable bonds is 3. The van der Waals surface area contributed by atoms with Crippen LogP contribution in [0.25, 0.3) is 22.4 Å². The minimum absolute atomic E-state index is 0.00744. The highest BCUT2D eigenvalue weighted by atomic mass is 35.5. The molecular formula is C27H32ClN5O3. The van der Waals surface area contributed by atoms with Gasteiger partial charge in [-0.25, -0.2) is 9.78 Å². The van der Waals surface area contributed by atoms with E-state index in [1.165, 1.54) is 0 Å². The number of nitrogens with zero attached hydrogens (tertiary/aromatic N) is 4. The first-order valence-corrected chi connectivity index (χ1v) is 12.9. The molecule has 0 unspecified atom stereocenters. The van der Waals surface area contributed by atoms with Gasteiger partial charge in [0.15, 0.2) is 0 Å². The number of hydrogen-bond acceptors (Lipinski definition) is 5. The Morgan fingerprint density at radius 2 is 1.86 bits per heavy atom. The van der Waals surface area contributed by atoms with Gasteiger partial charge in [0.25, 0.3) is 0 Å². The number of anilines is 1. The number of H-pyrrole nitrogens is 1. The van der Waals surface area contributed by atoms with E-state index in [-0.39, 0.29) is 5.91 Å². The molecule has 5 rings (SSSR count). The number of carbonyl (C=O) groups excluding carboxylic acids is 2. The van der Waals surface area contributed by atoms with Crippen LogP contribution in [0.5, 0.6) is 0 Å². The number of imidazole rings is 1. The molecule has 2 saturated heterocycles. The number of likely N-dealkylation sites (tertiary alicyclic amines) is 1. The summed E-state index contributed by atoms with van der Waals surface area (Å²) in [7, 11) is 0. The zero-order valence-electron chi connectivity index (χ0n) is 21.0. The van der Waals surface area contributed by atoms with Crippen molar-refractivity contribution in [1.82, 2.24) is 19.8 Å². The third kappa shape index (κ3) is 5.00. The molecule has 190 valence electrons. The van der Waals surface area contributed by atoms with Crippen LogP contribution in [0.3, 0.4) is 0 Å². The summed E-state index contributed by atoms with van der Waals surface area (Å²) in [5, 5.41) is 0.636. The lowest BCUT2D eigenvalue weighted by Crippen LogP contribution is -2.60. The molecule has 0 saturated carbocycles.